The summed E-state index contributed by atoms with van der Waals surface area (Å²) in [5.41, 5.74) is 2.77. The van der Waals surface area contributed by atoms with Crippen molar-refractivity contribution in [3.8, 4) is 27.8 Å². The number of methoxy groups -OCH3 is 2. The molecule has 0 unspecified atom stereocenters. The van der Waals surface area contributed by atoms with Crippen molar-refractivity contribution >= 4 is 22.1 Å². The smallest absolute Gasteiger partial charge is 0.161 e. The summed E-state index contributed by atoms with van der Waals surface area (Å²) >= 11 is 1.53. The third kappa shape index (κ3) is 5.11. The fourth-order valence-corrected chi connectivity index (χ4v) is 4.80. The number of thiazole rings is 1. The molecule has 1 aromatic heterocycles. The molecule has 0 spiro atoms. The van der Waals surface area contributed by atoms with Gasteiger partial charge >= 0.3 is 0 Å². The Morgan fingerprint density at radius 1 is 1.04 bits per heavy atom. The van der Waals surface area contributed by atoms with Crippen LogP contribution in [0.2, 0.25) is 0 Å². The molecule has 0 N–H and O–H groups in total. The minimum atomic E-state index is -1.04. The molecule has 28 heavy (non-hydrogen) atoms. The second-order valence-electron chi connectivity index (χ2n) is 6.02. The van der Waals surface area contributed by atoms with E-state index in [0.29, 0.717) is 29.6 Å². The van der Waals surface area contributed by atoms with Crippen LogP contribution in [0.3, 0.4) is 0 Å². The fraction of sp³-hybridized carbons (Fsp3) is 0.286. The van der Waals surface area contributed by atoms with E-state index in [9.17, 15) is 4.21 Å². The molecule has 2 aromatic carbocycles. The monoisotopic (exact) mass is 417 g/mol. The van der Waals surface area contributed by atoms with Gasteiger partial charge in [-0.05, 0) is 42.8 Å². The van der Waals surface area contributed by atoms with Crippen molar-refractivity contribution in [1.82, 2.24) is 4.98 Å². The average Bonchev–Trinajstić information content (AvgIpc) is 3.16. The summed E-state index contributed by atoms with van der Waals surface area (Å²) in [6, 6.07) is 13.4. The van der Waals surface area contributed by atoms with E-state index < -0.39 is 10.8 Å². The summed E-state index contributed by atoms with van der Waals surface area (Å²) < 4.78 is 28.7. The van der Waals surface area contributed by atoms with Crippen LogP contribution >= 0.6 is 11.3 Å². The van der Waals surface area contributed by atoms with Gasteiger partial charge in [-0.3, -0.25) is 4.21 Å². The summed E-state index contributed by atoms with van der Waals surface area (Å²) in [4.78, 5) is 4.65. The Balaban J connectivity index is 1.69. The van der Waals surface area contributed by atoms with E-state index in [1.54, 1.807) is 14.2 Å². The molecule has 0 saturated carbocycles. The first-order chi connectivity index (χ1) is 13.6. The van der Waals surface area contributed by atoms with Crippen LogP contribution in [0.1, 0.15) is 18.2 Å². The van der Waals surface area contributed by atoms with Gasteiger partial charge in [0.2, 0.25) is 0 Å². The van der Waals surface area contributed by atoms with Crippen molar-refractivity contribution in [3.63, 3.8) is 0 Å². The molecule has 7 heteroatoms. The summed E-state index contributed by atoms with van der Waals surface area (Å²) in [5, 5.41) is 2.83. The van der Waals surface area contributed by atoms with Gasteiger partial charge in [0.15, 0.2) is 11.5 Å². The van der Waals surface area contributed by atoms with Crippen molar-refractivity contribution < 1.29 is 18.4 Å². The summed E-state index contributed by atoms with van der Waals surface area (Å²) in [6.45, 7) is 2.52. The Hall–Kier alpha value is -2.38. The number of hydrogen-bond donors (Lipinski definition) is 0. The first-order valence-electron chi connectivity index (χ1n) is 8.86. The maximum Gasteiger partial charge on any atom is 0.161 e. The van der Waals surface area contributed by atoms with Crippen LogP contribution in [-0.4, -0.2) is 30.0 Å². The van der Waals surface area contributed by atoms with Gasteiger partial charge in [-0.1, -0.05) is 12.1 Å². The maximum absolute atomic E-state index is 12.5. The van der Waals surface area contributed by atoms with Gasteiger partial charge in [0.1, 0.15) is 10.8 Å². The fourth-order valence-electron chi connectivity index (χ4n) is 2.75. The van der Waals surface area contributed by atoms with E-state index in [1.165, 1.54) is 11.3 Å². The maximum atomic E-state index is 12.5. The summed E-state index contributed by atoms with van der Waals surface area (Å²) in [6.07, 6.45) is 0. The highest BCUT2D eigenvalue weighted by atomic mass is 32.2. The number of aromatic nitrogens is 1. The molecule has 0 aliphatic rings. The molecule has 3 rings (SSSR count). The summed E-state index contributed by atoms with van der Waals surface area (Å²) in [7, 11) is 2.21. The second kappa shape index (κ2) is 9.71. The molecule has 0 fully saturated rings. The van der Waals surface area contributed by atoms with Crippen LogP contribution in [-0.2, 0) is 22.3 Å². The molecular formula is C21H23NO4S2. The zero-order valence-electron chi connectivity index (χ0n) is 16.1. The van der Waals surface area contributed by atoms with Gasteiger partial charge in [-0.25, -0.2) is 4.98 Å². The molecule has 3 aromatic rings. The molecule has 5 nitrogen and oxygen atoms in total. The Kier molecular flexibility index (Phi) is 7.06. The molecule has 0 aliphatic heterocycles. The summed E-state index contributed by atoms with van der Waals surface area (Å²) in [5.74, 6) is 3.06. The standard InChI is InChI=1S/C21H23NO4S2/c1-4-26-19-9-8-16(11-20(19)25-3)21-22-17(12-27-21)14-28(23)13-15-6-5-7-18(10-15)24-2/h5-12H,4,13-14H2,1-3H3/t28-/m1/s1. The van der Waals surface area contributed by atoms with Crippen LogP contribution in [0.15, 0.2) is 47.8 Å². The van der Waals surface area contributed by atoms with Gasteiger partial charge in [-0.2, -0.15) is 0 Å². The lowest BCUT2D eigenvalue weighted by molar-refractivity contribution is 0.311. The molecule has 0 amide bonds. The topological polar surface area (TPSA) is 57.7 Å². The SMILES string of the molecule is CCOc1ccc(-c2nc(C[S@](=O)Cc3cccc(OC)c3)cs2)cc1OC. The Morgan fingerprint density at radius 2 is 1.89 bits per heavy atom. The Bertz CT molecular complexity index is 955. The van der Waals surface area contributed by atoms with Crippen molar-refractivity contribution in [2.24, 2.45) is 0 Å². The van der Waals surface area contributed by atoms with Gasteiger partial charge in [0, 0.05) is 27.5 Å². The minimum Gasteiger partial charge on any atom is -0.497 e. The van der Waals surface area contributed by atoms with Gasteiger partial charge in [-0.15, -0.1) is 11.3 Å². The number of rotatable bonds is 9. The van der Waals surface area contributed by atoms with E-state index in [2.05, 4.69) is 4.98 Å². The predicted molar refractivity (Wildman–Crippen MR) is 114 cm³/mol. The first-order valence-corrected chi connectivity index (χ1v) is 11.2. The highest BCUT2D eigenvalue weighted by Crippen LogP contribution is 2.34. The van der Waals surface area contributed by atoms with E-state index in [0.717, 1.165) is 27.6 Å². The van der Waals surface area contributed by atoms with Gasteiger partial charge in [0.05, 0.1) is 32.3 Å². The lowest BCUT2D eigenvalue weighted by atomic mass is 10.2. The highest BCUT2D eigenvalue weighted by Gasteiger charge is 2.12. The third-order valence-electron chi connectivity index (χ3n) is 4.03. The van der Waals surface area contributed by atoms with Crippen molar-refractivity contribution in [3.05, 3.63) is 59.1 Å². The van der Waals surface area contributed by atoms with E-state index in [1.807, 2.05) is 54.8 Å². The molecule has 1 heterocycles. The van der Waals surface area contributed by atoms with Crippen LogP contribution in [0.5, 0.6) is 17.2 Å². The third-order valence-corrected chi connectivity index (χ3v) is 6.25. The Morgan fingerprint density at radius 3 is 2.64 bits per heavy atom. The normalized spacial score (nSPS) is 11.8. The number of nitrogens with zero attached hydrogens (tertiary/aromatic N) is 1. The first kappa shape index (κ1) is 20.4. The van der Waals surface area contributed by atoms with Crippen LogP contribution in [0.25, 0.3) is 10.6 Å². The van der Waals surface area contributed by atoms with Crippen molar-refractivity contribution in [2.75, 3.05) is 20.8 Å². The van der Waals surface area contributed by atoms with E-state index in [-0.39, 0.29) is 0 Å². The van der Waals surface area contributed by atoms with Crippen LogP contribution in [0, 0.1) is 0 Å². The van der Waals surface area contributed by atoms with Gasteiger partial charge < -0.3 is 14.2 Å². The van der Waals surface area contributed by atoms with Crippen LogP contribution < -0.4 is 14.2 Å². The molecule has 148 valence electrons. The molecule has 0 radical (unpaired) electrons. The van der Waals surface area contributed by atoms with Gasteiger partial charge in [0.25, 0.3) is 0 Å². The highest BCUT2D eigenvalue weighted by molar-refractivity contribution is 7.83. The lowest BCUT2D eigenvalue weighted by Gasteiger charge is -2.09. The quantitative estimate of drug-likeness (QED) is 0.506. The molecule has 1 atom stereocenters. The molecule has 0 bridgehead atoms. The predicted octanol–water partition coefficient (Wildman–Crippen LogP) is 4.67. The zero-order valence-corrected chi connectivity index (χ0v) is 17.8. The second-order valence-corrected chi connectivity index (χ2v) is 8.34. The minimum absolute atomic E-state index is 0.419. The van der Waals surface area contributed by atoms with Crippen molar-refractivity contribution in [1.29, 1.82) is 0 Å². The van der Waals surface area contributed by atoms with E-state index in [4.69, 9.17) is 14.2 Å². The average molecular weight is 418 g/mol. The largest absolute Gasteiger partial charge is 0.497 e. The van der Waals surface area contributed by atoms with E-state index >= 15 is 0 Å². The molecule has 0 saturated heterocycles. The molecular weight excluding hydrogens is 394 g/mol. The number of benzene rings is 2. The lowest BCUT2D eigenvalue weighted by Crippen LogP contribution is -2.00. The zero-order chi connectivity index (χ0) is 19.9. The number of ether oxygens (including phenoxy) is 3. The van der Waals surface area contributed by atoms with Crippen LogP contribution in [0.4, 0.5) is 0 Å². The molecule has 0 aliphatic carbocycles. The van der Waals surface area contributed by atoms with Crippen molar-refractivity contribution in [2.45, 2.75) is 18.4 Å². The number of hydrogen-bond acceptors (Lipinski definition) is 6. The Labute approximate surface area is 171 Å².